The fourth-order valence-corrected chi connectivity index (χ4v) is 4.81. The number of thioether (sulfide) groups is 1. The Morgan fingerprint density at radius 1 is 1.21 bits per heavy atom. The minimum absolute atomic E-state index is 0.0794. The lowest BCUT2D eigenvalue weighted by molar-refractivity contribution is -0.118. The number of H-pyrrole nitrogens is 1. The van der Waals surface area contributed by atoms with Crippen molar-refractivity contribution in [1.82, 2.24) is 9.97 Å². The number of Topliss-reactive ketones (excluding diaryl/α,β-unsaturated/α-hetero) is 1. The molecule has 0 bridgehead atoms. The summed E-state index contributed by atoms with van der Waals surface area (Å²) in [5, 5.41) is 4.52. The van der Waals surface area contributed by atoms with Gasteiger partial charge >= 0.3 is 0 Å². The van der Waals surface area contributed by atoms with E-state index in [2.05, 4.69) is 29.1 Å². The Morgan fingerprint density at radius 3 is 2.61 bits per heavy atom. The minimum atomic E-state index is -0.441. The molecule has 1 aromatic heterocycles. The number of hydrogen-bond donors (Lipinski definition) is 2. The molecule has 1 aliphatic carbocycles. The maximum Gasteiger partial charge on any atom is 0.257 e. The number of halogens is 1. The van der Waals surface area contributed by atoms with Crippen molar-refractivity contribution in [2.24, 2.45) is 5.41 Å². The molecule has 0 radical (unpaired) electrons. The molecule has 0 amide bonds. The van der Waals surface area contributed by atoms with E-state index in [0.717, 1.165) is 23.4 Å². The predicted octanol–water partition coefficient (Wildman–Crippen LogP) is 4.74. The molecular weight excluding hydrogens is 394 g/mol. The number of nitrogens with zero attached hydrogens (tertiary/aromatic N) is 1. The fourth-order valence-electron chi connectivity index (χ4n) is 4.09. The lowest BCUT2D eigenvalue weighted by Crippen LogP contribution is -2.37. The zero-order chi connectivity index (χ0) is 20.1. The second-order valence-corrected chi connectivity index (χ2v) is 9.70. The number of anilines is 1. The molecule has 2 aliphatic rings. The van der Waals surface area contributed by atoms with Crippen LogP contribution in [0, 0.1) is 5.41 Å². The van der Waals surface area contributed by atoms with E-state index in [9.17, 15) is 9.59 Å². The average Bonchev–Trinajstić information content (AvgIpc) is 2.60. The molecule has 4 rings (SSSR count). The lowest BCUT2D eigenvalue weighted by Gasteiger charge is -2.38. The summed E-state index contributed by atoms with van der Waals surface area (Å²) in [5.41, 5.74) is 2.58. The zero-order valence-corrected chi connectivity index (χ0v) is 17.6. The summed E-state index contributed by atoms with van der Waals surface area (Å²) in [5.74, 6) is 0.991. The second-order valence-electron chi connectivity index (χ2n) is 8.01. The van der Waals surface area contributed by atoms with E-state index < -0.39 is 5.92 Å². The van der Waals surface area contributed by atoms with Crippen LogP contribution in [0.3, 0.4) is 0 Å². The van der Waals surface area contributed by atoms with Gasteiger partial charge < -0.3 is 10.3 Å². The highest BCUT2D eigenvalue weighted by Gasteiger charge is 2.42. The summed E-state index contributed by atoms with van der Waals surface area (Å²) in [6.07, 6.45) is 1.20. The maximum atomic E-state index is 13.1. The summed E-state index contributed by atoms with van der Waals surface area (Å²) >= 11 is 7.55. The highest BCUT2D eigenvalue weighted by atomic mass is 35.5. The van der Waals surface area contributed by atoms with Crippen LogP contribution < -0.4 is 10.9 Å². The third-order valence-electron chi connectivity index (χ3n) is 5.18. The van der Waals surface area contributed by atoms with Crippen molar-refractivity contribution in [3.05, 3.63) is 62.0 Å². The summed E-state index contributed by atoms with van der Waals surface area (Å²) in [6.45, 7) is 6.19. The van der Waals surface area contributed by atoms with Gasteiger partial charge in [0.05, 0.1) is 5.56 Å². The maximum absolute atomic E-state index is 13.1. The Labute approximate surface area is 173 Å². The van der Waals surface area contributed by atoms with Gasteiger partial charge in [-0.15, -0.1) is 0 Å². The summed E-state index contributed by atoms with van der Waals surface area (Å²) in [4.78, 5) is 33.7. The molecular formula is C21H22ClN3O2S. The van der Waals surface area contributed by atoms with Crippen LogP contribution in [0.15, 0.2) is 45.5 Å². The number of allylic oxidation sites excluding steroid dienone is 2. The molecule has 146 valence electrons. The molecule has 5 nitrogen and oxygen atoms in total. The van der Waals surface area contributed by atoms with Gasteiger partial charge in [0.1, 0.15) is 5.82 Å². The number of benzene rings is 1. The van der Waals surface area contributed by atoms with Crippen LogP contribution in [0.2, 0.25) is 5.02 Å². The first-order chi connectivity index (χ1) is 13.3. The molecule has 1 atom stereocenters. The first-order valence-electron chi connectivity index (χ1n) is 9.35. The topological polar surface area (TPSA) is 74.8 Å². The Balaban J connectivity index is 1.95. The van der Waals surface area contributed by atoms with E-state index in [1.807, 2.05) is 19.1 Å². The Bertz CT molecular complexity index is 1040. The average molecular weight is 416 g/mol. The third kappa shape index (κ3) is 3.40. The van der Waals surface area contributed by atoms with Crippen LogP contribution in [0.5, 0.6) is 0 Å². The van der Waals surface area contributed by atoms with Gasteiger partial charge in [-0.05, 0) is 35.3 Å². The van der Waals surface area contributed by atoms with E-state index >= 15 is 0 Å². The van der Waals surface area contributed by atoms with Gasteiger partial charge in [-0.1, -0.05) is 56.3 Å². The third-order valence-corrected chi connectivity index (χ3v) is 6.19. The molecule has 1 aliphatic heterocycles. The number of fused-ring (bicyclic) bond motifs is 1. The number of hydrogen-bond acceptors (Lipinski definition) is 5. The quantitative estimate of drug-likeness (QED) is 0.559. The van der Waals surface area contributed by atoms with Crippen molar-refractivity contribution in [2.45, 2.75) is 44.7 Å². The van der Waals surface area contributed by atoms with Crippen LogP contribution >= 0.6 is 23.4 Å². The van der Waals surface area contributed by atoms with Gasteiger partial charge in [-0.3, -0.25) is 9.59 Å². The highest BCUT2D eigenvalue weighted by Crippen LogP contribution is 2.47. The number of aromatic amines is 1. The summed E-state index contributed by atoms with van der Waals surface area (Å²) in [7, 11) is 0. The molecule has 2 aromatic rings. The van der Waals surface area contributed by atoms with Crippen molar-refractivity contribution in [3.8, 4) is 0 Å². The molecule has 1 aromatic carbocycles. The van der Waals surface area contributed by atoms with Crippen LogP contribution in [0.25, 0.3) is 0 Å². The minimum Gasteiger partial charge on any atom is -0.343 e. The lowest BCUT2D eigenvalue weighted by atomic mass is 9.69. The Kier molecular flexibility index (Phi) is 4.88. The predicted molar refractivity (Wildman–Crippen MR) is 113 cm³/mol. The largest absolute Gasteiger partial charge is 0.343 e. The molecule has 2 N–H and O–H groups in total. The normalized spacial score (nSPS) is 20.4. The monoisotopic (exact) mass is 415 g/mol. The molecule has 7 heteroatoms. The van der Waals surface area contributed by atoms with Crippen LogP contribution in [-0.4, -0.2) is 21.5 Å². The first-order valence-corrected chi connectivity index (χ1v) is 10.7. The van der Waals surface area contributed by atoms with Gasteiger partial charge in [-0.25, -0.2) is 4.98 Å². The van der Waals surface area contributed by atoms with Crippen molar-refractivity contribution in [1.29, 1.82) is 0 Å². The van der Waals surface area contributed by atoms with Crippen molar-refractivity contribution >= 4 is 35.0 Å². The number of nitrogens with one attached hydrogen (secondary N) is 2. The molecule has 0 fully saturated rings. The second kappa shape index (κ2) is 7.08. The first kappa shape index (κ1) is 19.3. The van der Waals surface area contributed by atoms with E-state index in [4.69, 9.17) is 11.6 Å². The molecule has 0 spiro atoms. The SMILES string of the molecule is CCSc1nc2c(c(=O)[nH]1)C(c1ccc(Cl)cc1)C1=C(CC(C)(C)CC1=O)N2. The van der Waals surface area contributed by atoms with E-state index in [0.29, 0.717) is 33.6 Å². The van der Waals surface area contributed by atoms with E-state index in [-0.39, 0.29) is 16.8 Å². The number of carbonyl (C=O) groups is 1. The van der Waals surface area contributed by atoms with Crippen molar-refractivity contribution in [2.75, 3.05) is 11.1 Å². The molecule has 28 heavy (non-hydrogen) atoms. The van der Waals surface area contributed by atoms with Crippen LogP contribution in [0.4, 0.5) is 5.82 Å². The zero-order valence-electron chi connectivity index (χ0n) is 16.1. The van der Waals surface area contributed by atoms with E-state index in [1.165, 1.54) is 11.8 Å². The van der Waals surface area contributed by atoms with Crippen LogP contribution in [0.1, 0.15) is 50.7 Å². The Morgan fingerprint density at radius 2 is 1.93 bits per heavy atom. The summed E-state index contributed by atoms with van der Waals surface area (Å²) < 4.78 is 0. The van der Waals surface area contributed by atoms with Gasteiger partial charge in [0.25, 0.3) is 5.56 Å². The molecule has 1 unspecified atom stereocenters. The van der Waals surface area contributed by atoms with Gasteiger partial charge in [-0.2, -0.15) is 0 Å². The fraction of sp³-hybridized carbons (Fsp3) is 0.381. The molecule has 0 saturated carbocycles. The number of aromatic nitrogens is 2. The van der Waals surface area contributed by atoms with Crippen molar-refractivity contribution in [3.63, 3.8) is 0 Å². The van der Waals surface area contributed by atoms with Gasteiger partial charge in [0, 0.05) is 28.6 Å². The van der Waals surface area contributed by atoms with Crippen molar-refractivity contribution < 1.29 is 4.79 Å². The molecule has 2 heterocycles. The highest BCUT2D eigenvalue weighted by molar-refractivity contribution is 7.99. The van der Waals surface area contributed by atoms with Crippen LogP contribution in [-0.2, 0) is 4.79 Å². The van der Waals surface area contributed by atoms with E-state index in [1.54, 1.807) is 12.1 Å². The van der Waals surface area contributed by atoms with Gasteiger partial charge in [0.15, 0.2) is 10.9 Å². The number of rotatable bonds is 3. The number of ketones is 1. The molecule has 0 saturated heterocycles. The Hall–Kier alpha value is -2.05. The standard InChI is InChI=1S/C21H22ClN3O2S/c1-4-28-20-24-18-17(19(27)25-20)15(11-5-7-12(22)8-6-11)16-13(23-18)9-21(2,3)10-14(16)26/h5-8,15H,4,9-10H2,1-3H3,(H2,23,24,25,27). The smallest absolute Gasteiger partial charge is 0.257 e. The number of carbonyl (C=O) groups excluding carboxylic acids is 1. The van der Waals surface area contributed by atoms with Gasteiger partial charge in [0.2, 0.25) is 0 Å². The summed E-state index contributed by atoms with van der Waals surface area (Å²) in [6, 6.07) is 7.35.